The lowest BCUT2D eigenvalue weighted by atomic mass is 9.69. The highest BCUT2D eigenvalue weighted by molar-refractivity contribution is 6.69. The first-order chi connectivity index (χ1) is 10.5. The molecule has 0 aromatic heterocycles. The maximum absolute atomic E-state index is 11.3. The molecule has 0 aliphatic heterocycles. The molecule has 1 atom stereocenters. The van der Waals surface area contributed by atoms with Crippen molar-refractivity contribution in [3.63, 3.8) is 0 Å². The quantitative estimate of drug-likeness (QED) is 0.767. The van der Waals surface area contributed by atoms with Crippen molar-refractivity contribution >= 4 is 14.3 Å². The third-order valence-corrected chi connectivity index (χ3v) is 4.58. The van der Waals surface area contributed by atoms with Gasteiger partial charge < -0.3 is 14.3 Å². The van der Waals surface area contributed by atoms with E-state index in [0.717, 1.165) is 0 Å². The molecule has 1 unspecified atom stereocenters. The van der Waals surface area contributed by atoms with Crippen LogP contribution in [-0.4, -0.2) is 26.5 Å². The van der Waals surface area contributed by atoms with E-state index in [9.17, 15) is 15.2 Å². The summed E-state index contributed by atoms with van der Waals surface area (Å²) >= 11 is 0. The van der Waals surface area contributed by atoms with Crippen LogP contribution >= 0.6 is 0 Å². The Bertz CT molecular complexity index is 599. The number of hydrogen-bond donors (Lipinski definition) is 1. The second kappa shape index (κ2) is 6.73. The zero-order chi connectivity index (χ0) is 17.9. The van der Waals surface area contributed by atoms with Gasteiger partial charge in [0.05, 0.1) is 13.5 Å². The summed E-state index contributed by atoms with van der Waals surface area (Å²) in [5.74, 6) is -0.285. The number of carboxylic acids is 1. The van der Waals surface area contributed by atoms with Crippen LogP contribution in [-0.2, 0) is 14.8 Å². The first-order valence-electron chi connectivity index (χ1n) is 7.45. The molecular formula is C17H25NO4Si. The van der Waals surface area contributed by atoms with Crippen LogP contribution in [0.5, 0.6) is 5.75 Å². The molecule has 1 aromatic rings. The third kappa shape index (κ3) is 4.33. The minimum absolute atomic E-state index is 0.170. The van der Waals surface area contributed by atoms with Gasteiger partial charge in [-0.25, -0.2) is 0 Å². The Hall–Kier alpha value is -1.84. The standard InChI is InChI=1S/C17H25NO4Si/c1-16(2,11-15(19)20)17(12-18,22-23(4,5)6)13-7-9-14(21-3)10-8-13/h7-10H,11H2,1-6H3,(H,19,20). The van der Waals surface area contributed by atoms with Crippen LogP contribution in [0, 0.1) is 16.7 Å². The number of nitrogens with zero attached hydrogens (tertiary/aromatic N) is 1. The van der Waals surface area contributed by atoms with E-state index in [1.54, 1.807) is 45.2 Å². The van der Waals surface area contributed by atoms with Crippen LogP contribution in [0.25, 0.3) is 0 Å². The van der Waals surface area contributed by atoms with E-state index in [4.69, 9.17) is 9.16 Å². The van der Waals surface area contributed by atoms with Gasteiger partial charge in [0.15, 0.2) is 13.9 Å². The summed E-state index contributed by atoms with van der Waals surface area (Å²) in [4.78, 5) is 11.3. The van der Waals surface area contributed by atoms with E-state index in [-0.39, 0.29) is 6.42 Å². The van der Waals surface area contributed by atoms with Gasteiger partial charge >= 0.3 is 5.97 Å². The third-order valence-electron chi connectivity index (χ3n) is 3.66. The zero-order valence-electron chi connectivity index (χ0n) is 14.6. The van der Waals surface area contributed by atoms with Crippen molar-refractivity contribution < 1.29 is 19.1 Å². The number of nitriles is 1. The van der Waals surface area contributed by atoms with Gasteiger partial charge in [-0.3, -0.25) is 4.79 Å². The van der Waals surface area contributed by atoms with Crippen molar-refractivity contribution in [2.75, 3.05) is 7.11 Å². The summed E-state index contributed by atoms with van der Waals surface area (Å²) in [6.45, 7) is 9.47. The van der Waals surface area contributed by atoms with Crippen LogP contribution in [0.3, 0.4) is 0 Å². The van der Waals surface area contributed by atoms with Gasteiger partial charge in [0.2, 0.25) is 0 Å². The molecule has 1 aromatic carbocycles. The van der Waals surface area contributed by atoms with Gasteiger partial charge in [0, 0.05) is 5.41 Å². The van der Waals surface area contributed by atoms with Crippen LogP contribution < -0.4 is 4.74 Å². The molecule has 0 spiro atoms. The lowest BCUT2D eigenvalue weighted by Gasteiger charge is -2.44. The van der Waals surface area contributed by atoms with Crippen LogP contribution in [0.1, 0.15) is 25.8 Å². The van der Waals surface area contributed by atoms with Gasteiger partial charge in [0.1, 0.15) is 11.8 Å². The fraction of sp³-hybridized carbons (Fsp3) is 0.529. The van der Waals surface area contributed by atoms with Gasteiger partial charge in [-0.15, -0.1) is 0 Å². The summed E-state index contributed by atoms with van der Waals surface area (Å²) < 4.78 is 11.4. The molecule has 0 fully saturated rings. The van der Waals surface area contributed by atoms with Crippen molar-refractivity contribution in [1.29, 1.82) is 5.26 Å². The second-order valence-corrected chi connectivity index (χ2v) is 11.6. The highest BCUT2D eigenvalue weighted by Crippen LogP contribution is 2.47. The second-order valence-electron chi connectivity index (χ2n) is 7.19. The van der Waals surface area contributed by atoms with Crippen molar-refractivity contribution in [3.05, 3.63) is 29.8 Å². The molecule has 0 amide bonds. The Balaban J connectivity index is 3.51. The van der Waals surface area contributed by atoms with Crippen LogP contribution in [0.4, 0.5) is 0 Å². The minimum atomic E-state index is -2.13. The normalized spacial score (nSPS) is 14.7. The molecule has 126 valence electrons. The molecule has 0 saturated heterocycles. The molecule has 0 aliphatic carbocycles. The number of carboxylic acid groups (broad SMARTS) is 1. The monoisotopic (exact) mass is 335 g/mol. The highest BCUT2D eigenvalue weighted by atomic mass is 28.4. The fourth-order valence-corrected chi connectivity index (χ4v) is 3.97. The number of rotatable bonds is 7. The van der Waals surface area contributed by atoms with Gasteiger partial charge in [-0.2, -0.15) is 5.26 Å². The van der Waals surface area contributed by atoms with E-state index < -0.39 is 25.3 Å². The summed E-state index contributed by atoms with van der Waals surface area (Å²) in [7, 11) is -0.557. The first kappa shape index (κ1) is 19.2. The maximum atomic E-state index is 11.3. The Morgan fingerprint density at radius 1 is 1.26 bits per heavy atom. The number of carbonyl (C=O) groups is 1. The molecule has 0 saturated carbocycles. The predicted molar refractivity (Wildman–Crippen MR) is 90.7 cm³/mol. The molecule has 0 radical (unpaired) electrons. The molecule has 5 nitrogen and oxygen atoms in total. The predicted octanol–water partition coefficient (Wildman–Crippen LogP) is 3.77. The highest BCUT2D eigenvalue weighted by Gasteiger charge is 2.51. The first-order valence-corrected chi connectivity index (χ1v) is 10.9. The molecule has 6 heteroatoms. The van der Waals surface area contributed by atoms with Crippen molar-refractivity contribution in [1.82, 2.24) is 0 Å². The number of hydrogen-bond acceptors (Lipinski definition) is 4. The van der Waals surface area contributed by atoms with E-state index in [2.05, 4.69) is 6.07 Å². The fourth-order valence-electron chi connectivity index (χ4n) is 2.61. The van der Waals surface area contributed by atoms with Crippen molar-refractivity contribution in [2.45, 2.75) is 45.5 Å². The van der Waals surface area contributed by atoms with Crippen molar-refractivity contribution in [2.24, 2.45) is 5.41 Å². The summed E-state index contributed by atoms with van der Waals surface area (Å²) in [6, 6.07) is 9.33. The van der Waals surface area contributed by atoms with Gasteiger partial charge in [0.25, 0.3) is 0 Å². The van der Waals surface area contributed by atoms with Gasteiger partial charge in [-0.05, 0) is 37.3 Å². The Morgan fingerprint density at radius 2 is 1.78 bits per heavy atom. The molecular weight excluding hydrogens is 310 g/mol. The minimum Gasteiger partial charge on any atom is -0.497 e. The smallest absolute Gasteiger partial charge is 0.304 e. The van der Waals surface area contributed by atoms with E-state index in [0.29, 0.717) is 11.3 Å². The molecule has 1 rings (SSSR count). The maximum Gasteiger partial charge on any atom is 0.304 e. The lowest BCUT2D eigenvalue weighted by molar-refractivity contribution is -0.142. The molecule has 1 N–H and O–H groups in total. The summed E-state index contributed by atoms with van der Waals surface area (Å²) in [5, 5.41) is 19.3. The molecule has 0 bridgehead atoms. The zero-order valence-corrected chi connectivity index (χ0v) is 15.6. The number of aliphatic carboxylic acids is 1. The largest absolute Gasteiger partial charge is 0.497 e. The Labute approximate surface area is 139 Å². The Morgan fingerprint density at radius 3 is 2.13 bits per heavy atom. The molecule has 0 aliphatic rings. The summed E-state index contributed by atoms with van der Waals surface area (Å²) in [5.41, 5.74) is -1.58. The average Bonchev–Trinajstić information content (AvgIpc) is 2.42. The van der Waals surface area contributed by atoms with E-state index in [1.165, 1.54) is 0 Å². The van der Waals surface area contributed by atoms with E-state index in [1.807, 2.05) is 19.6 Å². The van der Waals surface area contributed by atoms with E-state index >= 15 is 0 Å². The topological polar surface area (TPSA) is 79.5 Å². The molecule has 0 heterocycles. The summed E-state index contributed by atoms with van der Waals surface area (Å²) in [6.07, 6.45) is -0.170. The number of methoxy groups -OCH3 is 1. The average molecular weight is 335 g/mol. The Kier molecular flexibility index (Phi) is 5.62. The molecule has 23 heavy (non-hydrogen) atoms. The van der Waals surface area contributed by atoms with Crippen molar-refractivity contribution in [3.8, 4) is 11.8 Å². The number of benzene rings is 1. The van der Waals surface area contributed by atoms with Crippen LogP contribution in [0.2, 0.25) is 19.6 Å². The number of ether oxygens (including phenoxy) is 1. The van der Waals surface area contributed by atoms with Crippen LogP contribution in [0.15, 0.2) is 24.3 Å². The SMILES string of the molecule is COc1ccc(C(C#N)(O[Si](C)(C)C)C(C)(C)CC(=O)O)cc1. The van der Waals surface area contributed by atoms with Gasteiger partial charge in [-0.1, -0.05) is 26.0 Å². The lowest BCUT2D eigenvalue weighted by Crippen LogP contribution is -2.50.